The summed E-state index contributed by atoms with van der Waals surface area (Å²) in [6.07, 6.45) is 0. The van der Waals surface area contributed by atoms with Crippen LogP contribution in [-0.4, -0.2) is 12.3 Å². The second kappa shape index (κ2) is 7.26. The Kier molecular flexibility index (Phi) is 5.36. The van der Waals surface area contributed by atoms with Crippen LogP contribution in [0.5, 0.6) is 0 Å². The Labute approximate surface area is 116 Å². The van der Waals surface area contributed by atoms with Crippen molar-refractivity contribution in [1.82, 2.24) is 5.32 Å². The molecule has 0 bridgehead atoms. The topological polar surface area (TPSA) is 12.0 Å². The second-order valence-corrected chi connectivity index (χ2v) is 5.22. The third kappa shape index (κ3) is 4.65. The molecule has 2 aromatic rings. The molecule has 0 aliphatic heterocycles. The summed E-state index contributed by atoms with van der Waals surface area (Å²) in [5, 5.41) is 3.29. The molecule has 0 aliphatic rings. The quantitative estimate of drug-likeness (QED) is 0.637. The highest BCUT2D eigenvalue weighted by molar-refractivity contribution is 7.99. The maximum absolute atomic E-state index is 13.3. The van der Waals surface area contributed by atoms with Crippen molar-refractivity contribution in [3.8, 4) is 0 Å². The average molecular weight is 279 g/mol. The van der Waals surface area contributed by atoms with E-state index in [0.29, 0.717) is 4.90 Å². The molecule has 0 spiro atoms. The summed E-state index contributed by atoms with van der Waals surface area (Å²) in [6, 6.07) is 13.8. The molecule has 2 aromatic carbocycles. The SMILES string of the molecule is Fc1ccc(SCCNCc2ccccc2)c(F)c1. The van der Waals surface area contributed by atoms with Crippen molar-refractivity contribution in [2.75, 3.05) is 12.3 Å². The van der Waals surface area contributed by atoms with E-state index in [-0.39, 0.29) is 0 Å². The molecule has 0 unspecified atom stereocenters. The van der Waals surface area contributed by atoms with Crippen molar-refractivity contribution >= 4 is 11.8 Å². The van der Waals surface area contributed by atoms with Gasteiger partial charge in [-0.05, 0) is 17.7 Å². The molecule has 0 aromatic heterocycles. The van der Waals surface area contributed by atoms with E-state index in [1.54, 1.807) is 0 Å². The van der Waals surface area contributed by atoms with Gasteiger partial charge in [-0.25, -0.2) is 8.78 Å². The maximum Gasteiger partial charge on any atom is 0.139 e. The van der Waals surface area contributed by atoms with Gasteiger partial charge in [0, 0.05) is 29.8 Å². The highest BCUT2D eigenvalue weighted by Gasteiger charge is 2.03. The van der Waals surface area contributed by atoms with E-state index in [0.717, 1.165) is 24.9 Å². The molecule has 0 atom stereocenters. The van der Waals surface area contributed by atoms with Gasteiger partial charge in [-0.2, -0.15) is 0 Å². The summed E-state index contributed by atoms with van der Waals surface area (Å²) in [5.74, 6) is -0.285. The summed E-state index contributed by atoms with van der Waals surface area (Å²) in [5.41, 5.74) is 1.22. The number of hydrogen-bond donors (Lipinski definition) is 1. The predicted molar refractivity (Wildman–Crippen MR) is 75.2 cm³/mol. The van der Waals surface area contributed by atoms with Gasteiger partial charge in [0.15, 0.2) is 0 Å². The number of thioether (sulfide) groups is 1. The maximum atomic E-state index is 13.3. The van der Waals surface area contributed by atoms with Gasteiger partial charge < -0.3 is 5.32 Å². The summed E-state index contributed by atoms with van der Waals surface area (Å²) in [7, 11) is 0. The summed E-state index contributed by atoms with van der Waals surface area (Å²) < 4.78 is 26.1. The number of hydrogen-bond acceptors (Lipinski definition) is 2. The minimum atomic E-state index is -0.538. The first-order chi connectivity index (χ1) is 9.25. The molecule has 0 aliphatic carbocycles. The molecule has 1 nitrogen and oxygen atoms in total. The smallest absolute Gasteiger partial charge is 0.139 e. The molecule has 0 saturated carbocycles. The first-order valence-electron chi connectivity index (χ1n) is 6.08. The van der Waals surface area contributed by atoms with Crippen LogP contribution in [0.2, 0.25) is 0 Å². The fourth-order valence-electron chi connectivity index (χ4n) is 1.65. The Morgan fingerprint density at radius 1 is 1.00 bits per heavy atom. The van der Waals surface area contributed by atoms with E-state index >= 15 is 0 Å². The van der Waals surface area contributed by atoms with Gasteiger partial charge in [-0.15, -0.1) is 11.8 Å². The highest BCUT2D eigenvalue weighted by Crippen LogP contribution is 2.21. The minimum Gasteiger partial charge on any atom is -0.312 e. The van der Waals surface area contributed by atoms with Crippen LogP contribution < -0.4 is 5.32 Å². The van der Waals surface area contributed by atoms with Crippen LogP contribution in [0, 0.1) is 11.6 Å². The zero-order valence-electron chi connectivity index (χ0n) is 10.4. The van der Waals surface area contributed by atoms with Crippen molar-refractivity contribution in [3.05, 3.63) is 65.7 Å². The third-order valence-corrected chi connectivity index (χ3v) is 3.65. The van der Waals surface area contributed by atoms with Gasteiger partial charge in [0.1, 0.15) is 11.6 Å². The van der Waals surface area contributed by atoms with E-state index in [1.165, 1.54) is 29.5 Å². The summed E-state index contributed by atoms with van der Waals surface area (Å²) >= 11 is 1.39. The van der Waals surface area contributed by atoms with E-state index in [2.05, 4.69) is 17.4 Å². The van der Waals surface area contributed by atoms with Gasteiger partial charge >= 0.3 is 0 Å². The second-order valence-electron chi connectivity index (χ2n) is 4.09. The Hall–Kier alpha value is -1.39. The van der Waals surface area contributed by atoms with Gasteiger partial charge in [0.2, 0.25) is 0 Å². The van der Waals surface area contributed by atoms with Gasteiger partial charge in [-0.1, -0.05) is 30.3 Å². The number of benzene rings is 2. The number of halogens is 2. The van der Waals surface area contributed by atoms with Crippen LogP contribution >= 0.6 is 11.8 Å². The molecule has 100 valence electrons. The van der Waals surface area contributed by atoms with E-state index in [4.69, 9.17) is 0 Å². The van der Waals surface area contributed by atoms with E-state index < -0.39 is 11.6 Å². The number of rotatable bonds is 6. The highest BCUT2D eigenvalue weighted by atomic mass is 32.2. The zero-order chi connectivity index (χ0) is 13.5. The average Bonchev–Trinajstić information content (AvgIpc) is 2.42. The fraction of sp³-hybridized carbons (Fsp3) is 0.200. The molecule has 0 radical (unpaired) electrons. The lowest BCUT2D eigenvalue weighted by Crippen LogP contribution is -2.16. The molecular formula is C15H15F2NS. The molecule has 19 heavy (non-hydrogen) atoms. The lowest BCUT2D eigenvalue weighted by Gasteiger charge is -2.05. The zero-order valence-corrected chi connectivity index (χ0v) is 11.2. The summed E-state index contributed by atoms with van der Waals surface area (Å²) in [6.45, 7) is 1.57. The Morgan fingerprint density at radius 2 is 1.79 bits per heavy atom. The third-order valence-electron chi connectivity index (χ3n) is 2.60. The predicted octanol–water partition coefficient (Wildman–Crippen LogP) is 3.85. The first-order valence-corrected chi connectivity index (χ1v) is 7.07. The molecule has 2 rings (SSSR count). The molecule has 0 amide bonds. The van der Waals surface area contributed by atoms with Crippen molar-refractivity contribution < 1.29 is 8.78 Å². The van der Waals surface area contributed by atoms with Crippen LogP contribution in [0.4, 0.5) is 8.78 Å². The van der Waals surface area contributed by atoms with Gasteiger partial charge in [-0.3, -0.25) is 0 Å². The van der Waals surface area contributed by atoms with Crippen LogP contribution in [0.1, 0.15) is 5.56 Å². The monoisotopic (exact) mass is 279 g/mol. The van der Waals surface area contributed by atoms with Crippen LogP contribution in [0.15, 0.2) is 53.4 Å². The Balaban J connectivity index is 1.69. The van der Waals surface area contributed by atoms with Crippen LogP contribution in [-0.2, 0) is 6.54 Å². The Bertz CT molecular complexity index is 517. The fourth-order valence-corrected chi connectivity index (χ4v) is 2.48. The molecule has 0 fully saturated rings. The number of nitrogens with one attached hydrogen (secondary N) is 1. The summed E-state index contributed by atoms with van der Waals surface area (Å²) in [4.78, 5) is 0.489. The largest absolute Gasteiger partial charge is 0.312 e. The van der Waals surface area contributed by atoms with Crippen molar-refractivity contribution in [3.63, 3.8) is 0 Å². The lowest BCUT2D eigenvalue weighted by atomic mass is 10.2. The van der Waals surface area contributed by atoms with Crippen molar-refractivity contribution in [2.45, 2.75) is 11.4 Å². The van der Waals surface area contributed by atoms with Gasteiger partial charge in [0.25, 0.3) is 0 Å². The lowest BCUT2D eigenvalue weighted by molar-refractivity contribution is 0.565. The van der Waals surface area contributed by atoms with E-state index in [9.17, 15) is 8.78 Å². The van der Waals surface area contributed by atoms with Gasteiger partial charge in [0.05, 0.1) is 0 Å². The molecular weight excluding hydrogens is 264 g/mol. The standard InChI is InChI=1S/C15H15F2NS/c16-13-6-7-15(14(17)10-13)19-9-8-18-11-12-4-2-1-3-5-12/h1-7,10,18H,8-9,11H2. The van der Waals surface area contributed by atoms with Crippen molar-refractivity contribution in [1.29, 1.82) is 0 Å². The molecule has 1 N–H and O–H groups in total. The normalized spacial score (nSPS) is 10.6. The van der Waals surface area contributed by atoms with Crippen molar-refractivity contribution in [2.24, 2.45) is 0 Å². The Morgan fingerprint density at radius 3 is 2.53 bits per heavy atom. The molecule has 0 heterocycles. The molecule has 4 heteroatoms. The first kappa shape index (κ1) is 14.0. The van der Waals surface area contributed by atoms with E-state index in [1.807, 2.05) is 18.2 Å². The minimum absolute atomic E-state index is 0.489. The van der Waals surface area contributed by atoms with Crippen LogP contribution in [0.3, 0.4) is 0 Å². The molecule has 0 saturated heterocycles. The van der Waals surface area contributed by atoms with Crippen LogP contribution in [0.25, 0.3) is 0 Å².